The van der Waals surface area contributed by atoms with Crippen LogP contribution in [0, 0.1) is 5.82 Å². The zero-order valence-electron chi connectivity index (χ0n) is 10.9. The van der Waals surface area contributed by atoms with Crippen molar-refractivity contribution in [2.45, 2.75) is 12.8 Å². The number of benzene rings is 1. The number of ether oxygens (including phenoxy) is 1. The molecule has 0 fully saturated rings. The Morgan fingerprint density at radius 2 is 2.26 bits per heavy atom. The van der Waals surface area contributed by atoms with E-state index in [1.54, 1.807) is 12.1 Å². The highest BCUT2D eigenvalue weighted by atomic mass is 19.1. The van der Waals surface area contributed by atoms with Crippen molar-refractivity contribution in [2.75, 3.05) is 20.7 Å². The molecule has 1 heterocycles. The number of rotatable bonds is 6. The molecule has 0 bridgehead atoms. The van der Waals surface area contributed by atoms with Crippen molar-refractivity contribution in [3.8, 4) is 17.1 Å². The topological polar surface area (TPSA) is 60.2 Å². The summed E-state index contributed by atoms with van der Waals surface area (Å²) in [6.45, 7) is 0.891. The van der Waals surface area contributed by atoms with Gasteiger partial charge in [-0.2, -0.15) is 4.98 Å². The zero-order valence-corrected chi connectivity index (χ0v) is 10.9. The van der Waals surface area contributed by atoms with Gasteiger partial charge in [0.05, 0.1) is 7.11 Å². The second-order valence-electron chi connectivity index (χ2n) is 4.07. The van der Waals surface area contributed by atoms with Gasteiger partial charge in [-0.1, -0.05) is 5.16 Å². The lowest BCUT2D eigenvalue weighted by atomic mass is 10.2. The van der Waals surface area contributed by atoms with Gasteiger partial charge in [-0.3, -0.25) is 0 Å². The summed E-state index contributed by atoms with van der Waals surface area (Å²) in [5.74, 6) is 0.773. The standard InChI is InChI=1S/C13H16FN3O2/c1-15-7-3-4-12-16-13(17-19-12)9-5-6-10(14)11(8-9)18-2/h5-6,8,15H,3-4,7H2,1-2H3. The number of halogens is 1. The van der Waals surface area contributed by atoms with Gasteiger partial charge in [0.1, 0.15) is 0 Å². The summed E-state index contributed by atoms with van der Waals surface area (Å²) < 4.78 is 23.4. The molecule has 1 aromatic heterocycles. The average Bonchev–Trinajstić information content (AvgIpc) is 2.88. The van der Waals surface area contributed by atoms with Crippen LogP contribution in [-0.4, -0.2) is 30.8 Å². The Morgan fingerprint density at radius 1 is 1.42 bits per heavy atom. The molecule has 2 aromatic rings. The van der Waals surface area contributed by atoms with Crippen LogP contribution in [-0.2, 0) is 6.42 Å². The van der Waals surface area contributed by atoms with E-state index in [1.165, 1.54) is 13.2 Å². The third kappa shape index (κ3) is 3.29. The Labute approximate surface area is 110 Å². The fourth-order valence-corrected chi connectivity index (χ4v) is 1.69. The SMILES string of the molecule is CNCCCc1nc(-c2ccc(F)c(OC)c2)no1. The summed E-state index contributed by atoms with van der Waals surface area (Å²) >= 11 is 0. The molecule has 0 atom stereocenters. The van der Waals surface area contributed by atoms with Crippen LogP contribution in [0.25, 0.3) is 11.4 Å². The summed E-state index contributed by atoms with van der Waals surface area (Å²) in [6, 6.07) is 4.48. The van der Waals surface area contributed by atoms with Crippen LogP contribution in [0.5, 0.6) is 5.75 Å². The second-order valence-corrected chi connectivity index (χ2v) is 4.07. The molecule has 6 heteroatoms. The van der Waals surface area contributed by atoms with Crippen LogP contribution in [0.1, 0.15) is 12.3 Å². The lowest BCUT2D eigenvalue weighted by molar-refractivity contribution is 0.375. The van der Waals surface area contributed by atoms with E-state index < -0.39 is 5.82 Å². The number of nitrogens with zero attached hydrogens (tertiary/aromatic N) is 2. The van der Waals surface area contributed by atoms with E-state index in [0.717, 1.165) is 13.0 Å². The predicted molar refractivity (Wildman–Crippen MR) is 68.5 cm³/mol. The lowest BCUT2D eigenvalue weighted by Crippen LogP contribution is -2.08. The number of nitrogens with one attached hydrogen (secondary N) is 1. The van der Waals surface area contributed by atoms with Gasteiger partial charge in [-0.25, -0.2) is 4.39 Å². The van der Waals surface area contributed by atoms with Gasteiger partial charge in [0.2, 0.25) is 11.7 Å². The highest BCUT2D eigenvalue weighted by Crippen LogP contribution is 2.24. The third-order valence-corrected chi connectivity index (χ3v) is 2.69. The van der Waals surface area contributed by atoms with Crippen LogP contribution in [0.4, 0.5) is 4.39 Å². The molecule has 2 rings (SSSR count). The predicted octanol–water partition coefficient (Wildman–Crippen LogP) is 2.04. The normalized spacial score (nSPS) is 10.7. The zero-order chi connectivity index (χ0) is 13.7. The minimum atomic E-state index is -0.413. The van der Waals surface area contributed by atoms with Gasteiger partial charge in [-0.15, -0.1) is 0 Å². The van der Waals surface area contributed by atoms with Crippen molar-refractivity contribution in [3.63, 3.8) is 0 Å². The van der Waals surface area contributed by atoms with Gasteiger partial charge in [0, 0.05) is 12.0 Å². The molecule has 0 amide bonds. The molecule has 0 aliphatic rings. The van der Waals surface area contributed by atoms with Crippen molar-refractivity contribution in [1.29, 1.82) is 0 Å². The maximum Gasteiger partial charge on any atom is 0.227 e. The molecule has 102 valence electrons. The van der Waals surface area contributed by atoms with Crippen molar-refractivity contribution in [1.82, 2.24) is 15.5 Å². The van der Waals surface area contributed by atoms with E-state index in [1.807, 2.05) is 7.05 Å². The van der Waals surface area contributed by atoms with Gasteiger partial charge < -0.3 is 14.6 Å². The molecular formula is C13H16FN3O2. The minimum absolute atomic E-state index is 0.166. The Bertz CT molecular complexity index is 542. The van der Waals surface area contributed by atoms with E-state index in [0.29, 0.717) is 23.7 Å². The number of aromatic nitrogens is 2. The average molecular weight is 265 g/mol. The summed E-state index contributed by atoms with van der Waals surface area (Å²) in [4.78, 5) is 4.27. The number of hydrogen-bond acceptors (Lipinski definition) is 5. The lowest BCUT2D eigenvalue weighted by Gasteiger charge is -2.02. The van der Waals surface area contributed by atoms with Gasteiger partial charge in [-0.05, 0) is 38.2 Å². The quantitative estimate of drug-likeness (QED) is 0.810. The Morgan fingerprint density at radius 3 is 3.00 bits per heavy atom. The summed E-state index contributed by atoms with van der Waals surface area (Å²) in [5, 5.41) is 6.94. The first kappa shape index (κ1) is 13.5. The highest BCUT2D eigenvalue weighted by molar-refractivity contribution is 5.57. The second kappa shape index (κ2) is 6.29. The summed E-state index contributed by atoms with van der Waals surface area (Å²) in [7, 11) is 3.31. The first-order valence-electron chi connectivity index (χ1n) is 6.05. The molecule has 0 saturated carbocycles. The molecule has 0 spiro atoms. The molecule has 0 radical (unpaired) electrons. The first-order valence-corrected chi connectivity index (χ1v) is 6.05. The molecule has 1 N–H and O–H groups in total. The highest BCUT2D eigenvalue weighted by Gasteiger charge is 2.11. The monoisotopic (exact) mass is 265 g/mol. The van der Waals surface area contributed by atoms with Crippen molar-refractivity contribution in [3.05, 3.63) is 29.9 Å². The summed E-state index contributed by atoms with van der Waals surface area (Å²) in [6.07, 6.45) is 1.64. The smallest absolute Gasteiger partial charge is 0.227 e. The first-order chi connectivity index (χ1) is 9.24. The van der Waals surface area contributed by atoms with E-state index in [-0.39, 0.29) is 5.75 Å². The van der Waals surface area contributed by atoms with E-state index in [2.05, 4.69) is 15.5 Å². The van der Waals surface area contributed by atoms with Crippen LogP contribution in [0.15, 0.2) is 22.7 Å². The third-order valence-electron chi connectivity index (χ3n) is 2.69. The fraction of sp³-hybridized carbons (Fsp3) is 0.385. The molecule has 0 aliphatic heterocycles. The van der Waals surface area contributed by atoms with Crippen molar-refractivity contribution < 1.29 is 13.7 Å². The maximum atomic E-state index is 13.3. The Hall–Kier alpha value is -1.95. The maximum absolute atomic E-state index is 13.3. The van der Waals surface area contributed by atoms with Crippen LogP contribution in [0.2, 0.25) is 0 Å². The number of aryl methyl sites for hydroxylation is 1. The Kier molecular flexibility index (Phi) is 4.46. The van der Waals surface area contributed by atoms with Crippen LogP contribution >= 0.6 is 0 Å². The van der Waals surface area contributed by atoms with E-state index >= 15 is 0 Å². The van der Waals surface area contributed by atoms with Crippen LogP contribution < -0.4 is 10.1 Å². The largest absolute Gasteiger partial charge is 0.494 e. The van der Waals surface area contributed by atoms with Gasteiger partial charge in [0.25, 0.3) is 0 Å². The molecule has 5 nitrogen and oxygen atoms in total. The molecule has 19 heavy (non-hydrogen) atoms. The number of hydrogen-bond donors (Lipinski definition) is 1. The molecule has 0 aliphatic carbocycles. The van der Waals surface area contributed by atoms with Crippen LogP contribution in [0.3, 0.4) is 0 Å². The minimum Gasteiger partial charge on any atom is -0.494 e. The van der Waals surface area contributed by atoms with Gasteiger partial charge in [0.15, 0.2) is 11.6 Å². The molecular weight excluding hydrogens is 249 g/mol. The molecule has 0 unspecified atom stereocenters. The number of methoxy groups -OCH3 is 1. The summed E-state index contributed by atoms with van der Waals surface area (Å²) in [5.41, 5.74) is 0.668. The van der Waals surface area contributed by atoms with Crippen molar-refractivity contribution in [2.24, 2.45) is 0 Å². The molecule has 1 aromatic carbocycles. The fourth-order valence-electron chi connectivity index (χ4n) is 1.69. The van der Waals surface area contributed by atoms with Gasteiger partial charge >= 0.3 is 0 Å². The van der Waals surface area contributed by atoms with Crippen molar-refractivity contribution >= 4 is 0 Å². The molecule has 0 saturated heterocycles. The Balaban J connectivity index is 2.13. The van der Waals surface area contributed by atoms with E-state index in [9.17, 15) is 4.39 Å². The van der Waals surface area contributed by atoms with E-state index in [4.69, 9.17) is 9.26 Å².